The van der Waals surface area contributed by atoms with Gasteiger partial charge in [0.2, 0.25) is 11.9 Å². The maximum Gasteiger partial charge on any atom is 0.234 e. The molecular formula is C28H32BrN5O. The summed E-state index contributed by atoms with van der Waals surface area (Å²) in [5.74, 6) is 1.23. The normalized spacial score (nSPS) is 18.7. The van der Waals surface area contributed by atoms with E-state index in [1.54, 1.807) is 0 Å². The number of carbonyl (C=O) groups is 1. The Morgan fingerprint density at radius 2 is 2.06 bits per heavy atom. The first kappa shape index (κ1) is 23.9. The Kier molecular flexibility index (Phi) is 6.64. The fourth-order valence-electron chi connectivity index (χ4n) is 5.27. The quantitative estimate of drug-likeness (QED) is 0.374. The summed E-state index contributed by atoms with van der Waals surface area (Å²) in [7, 11) is 0. The molecule has 2 aliphatic rings. The van der Waals surface area contributed by atoms with Gasteiger partial charge in [-0.25, -0.2) is 9.97 Å². The van der Waals surface area contributed by atoms with Crippen LogP contribution in [-0.2, 0) is 23.1 Å². The van der Waals surface area contributed by atoms with Crippen LogP contribution < -0.4 is 16.0 Å². The van der Waals surface area contributed by atoms with Crippen LogP contribution in [0.1, 0.15) is 60.6 Å². The molecule has 1 saturated heterocycles. The number of hydrogen-bond acceptors (Lipinski definition) is 5. The summed E-state index contributed by atoms with van der Waals surface area (Å²) in [4.78, 5) is 21.8. The minimum atomic E-state index is -0.529. The number of fused-ring (bicyclic) bond motifs is 1. The zero-order chi connectivity index (χ0) is 24.6. The molecule has 1 aromatic heterocycles. The molecule has 1 unspecified atom stereocenters. The van der Waals surface area contributed by atoms with Crippen molar-refractivity contribution >= 4 is 39.2 Å². The maximum atomic E-state index is 12.4. The molecule has 3 heterocycles. The fraction of sp³-hybridized carbons (Fsp3) is 0.393. The molecular weight excluding hydrogens is 502 g/mol. The molecule has 3 N–H and O–H groups in total. The molecule has 35 heavy (non-hydrogen) atoms. The molecule has 2 aromatic carbocycles. The molecule has 0 bridgehead atoms. The van der Waals surface area contributed by atoms with Gasteiger partial charge in [-0.3, -0.25) is 4.79 Å². The number of nitrogens with one attached hydrogen (secondary N) is 3. The standard InChI is InChI=1S/C28H32BrN5O/c1-17-14-19(20-7-5-13-30-15-20)10-11-22(17)33-27-31-16-21(29)23(34-27)12-9-18-6-4-8-24-25(18)28(2,3)26(35)32-24/h4,6,8,10-11,14,16,20,30H,5,7,9,12-13,15H2,1-3H3,(H,32,35)(H,31,33,34). The van der Waals surface area contributed by atoms with Crippen molar-refractivity contribution in [3.05, 3.63) is 75.0 Å². The van der Waals surface area contributed by atoms with Gasteiger partial charge in [-0.1, -0.05) is 24.3 Å². The minimum Gasteiger partial charge on any atom is -0.325 e. The lowest BCUT2D eigenvalue weighted by atomic mass is 9.82. The lowest BCUT2D eigenvalue weighted by molar-refractivity contribution is -0.119. The first-order valence-electron chi connectivity index (χ1n) is 12.4. The second-order valence-electron chi connectivity index (χ2n) is 10.1. The van der Waals surface area contributed by atoms with Crippen molar-refractivity contribution in [3.63, 3.8) is 0 Å². The SMILES string of the molecule is Cc1cc(C2CCCNC2)ccc1Nc1ncc(Br)c(CCc2cccc3c2C(C)(C)C(=O)N3)n1. The number of carbonyl (C=O) groups excluding carboxylic acids is 1. The van der Waals surface area contributed by atoms with Gasteiger partial charge in [-0.2, -0.15) is 0 Å². The van der Waals surface area contributed by atoms with Crippen LogP contribution in [0.3, 0.4) is 0 Å². The van der Waals surface area contributed by atoms with E-state index >= 15 is 0 Å². The molecule has 3 aromatic rings. The number of benzene rings is 2. The molecule has 7 heteroatoms. The number of aromatic nitrogens is 2. The number of anilines is 3. The highest BCUT2D eigenvalue weighted by molar-refractivity contribution is 9.10. The van der Waals surface area contributed by atoms with Crippen LogP contribution >= 0.6 is 15.9 Å². The van der Waals surface area contributed by atoms with E-state index in [0.717, 1.165) is 53.0 Å². The minimum absolute atomic E-state index is 0.0517. The molecule has 1 amide bonds. The first-order chi connectivity index (χ1) is 16.8. The lowest BCUT2D eigenvalue weighted by Crippen LogP contribution is -2.28. The van der Waals surface area contributed by atoms with Crippen molar-refractivity contribution < 1.29 is 4.79 Å². The molecule has 6 nitrogen and oxygen atoms in total. The number of halogens is 1. The van der Waals surface area contributed by atoms with E-state index in [9.17, 15) is 4.79 Å². The summed E-state index contributed by atoms with van der Waals surface area (Å²) in [5, 5.41) is 9.93. The zero-order valence-corrected chi connectivity index (χ0v) is 22.1. The third kappa shape index (κ3) is 4.84. The fourth-order valence-corrected chi connectivity index (χ4v) is 5.66. The Morgan fingerprint density at radius 1 is 1.20 bits per heavy atom. The van der Waals surface area contributed by atoms with Crippen LogP contribution in [0.5, 0.6) is 0 Å². The number of aryl methyl sites for hydroxylation is 3. The average Bonchev–Trinajstić information content (AvgIpc) is 3.09. The predicted octanol–water partition coefficient (Wildman–Crippen LogP) is 5.77. The molecule has 2 aliphatic heterocycles. The molecule has 182 valence electrons. The third-order valence-electron chi connectivity index (χ3n) is 7.30. The largest absolute Gasteiger partial charge is 0.325 e. The van der Waals surface area contributed by atoms with Crippen LogP contribution in [0.15, 0.2) is 47.1 Å². The lowest BCUT2D eigenvalue weighted by Gasteiger charge is -2.24. The van der Waals surface area contributed by atoms with Crippen molar-refractivity contribution in [1.82, 2.24) is 15.3 Å². The maximum absolute atomic E-state index is 12.4. The van der Waals surface area contributed by atoms with Crippen molar-refractivity contribution in [2.45, 2.75) is 57.8 Å². The summed E-state index contributed by atoms with van der Waals surface area (Å²) in [5.41, 5.74) is 7.22. The monoisotopic (exact) mass is 533 g/mol. The van der Waals surface area contributed by atoms with Gasteiger partial charge in [0.25, 0.3) is 0 Å². The van der Waals surface area contributed by atoms with Gasteiger partial charge >= 0.3 is 0 Å². The van der Waals surface area contributed by atoms with Crippen molar-refractivity contribution in [3.8, 4) is 0 Å². The molecule has 1 fully saturated rings. The molecule has 0 saturated carbocycles. The van der Waals surface area contributed by atoms with Gasteiger partial charge in [-0.15, -0.1) is 0 Å². The zero-order valence-electron chi connectivity index (χ0n) is 20.5. The highest BCUT2D eigenvalue weighted by Gasteiger charge is 2.39. The van der Waals surface area contributed by atoms with E-state index in [1.807, 2.05) is 32.2 Å². The van der Waals surface area contributed by atoms with Gasteiger partial charge in [0, 0.05) is 24.1 Å². The van der Waals surface area contributed by atoms with E-state index in [4.69, 9.17) is 4.98 Å². The van der Waals surface area contributed by atoms with E-state index in [1.165, 1.54) is 29.5 Å². The second kappa shape index (κ2) is 9.70. The number of amides is 1. The summed E-state index contributed by atoms with van der Waals surface area (Å²) < 4.78 is 0.890. The smallest absolute Gasteiger partial charge is 0.234 e. The molecule has 0 spiro atoms. The van der Waals surface area contributed by atoms with Gasteiger partial charge in [0.1, 0.15) is 0 Å². The van der Waals surface area contributed by atoms with E-state index in [2.05, 4.69) is 68.1 Å². The van der Waals surface area contributed by atoms with Crippen LogP contribution in [0, 0.1) is 6.92 Å². The summed E-state index contributed by atoms with van der Waals surface area (Å²) in [6.07, 6.45) is 5.82. The highest BCUT2D eigenvalue weighted by atomic mass is 79.9. The number of hydrogen-bond donors (Lipinski definition) is 3. The predicted molar refractivity (Wildman–Crippen MR) is 145 cm³/mol. The van der Waals surface area contributed by atoms with Gasteiger partial charge in [-0.05, 0) is 109 Å². The molecule has 0 radical (unpaired) electrons. The second-order valence-corrected chi connectivity index (χ2v) is 11.0. The highest BCUT2D eigenvalue weighted by Crippen LogP contribution is 2.40. The topological polar surface area (TPSA) is 78.9 Å². The Bertz CT molecular complexity index is 1270. The molecule has 0 aliphatic carbocycles. The Morgan fingerprint density at radius 3 is 2.83 bits per heavy atom. The van der Waals surface area contributed by atoms with E-state index in [0.29, 0.717) is 11.9 Å². The van der Waals surface area contributed by atoms with Crippen molar-refractivity contribution in [2.24, 2.45) is 0 Å². The van der Waals surface area contributed by atoms with Crippen LogP contribution in [0.4, 0.5) is 17.3 Å². The van der Waals surface area contributed by atoms with Gasteiger partial charge in [0.15, 0.2) is 0 Å². The molecule has 1 atom stereocenters. The first-order valence-corrected chi connectivity index (χ1v) is 13.2. The Balaban J connectivity index is 1.32. The number of piperidine rings is 1. The van der Waals surface area contributed by atoms with Crippen LogP contribution in [-0.4, -0.2) is 29.0 Å². The summed E-state index contributed by atoms with van der Waals surface area (Å²) >= 11 is 3.63. The Labute approximate surface area is 215 Å². The van der Waals surface area contributed by atoms with Gasteiger partial charge in [0.05, 0.1) is 15.6 Å². The summed E-state index contributed by atoms with van der Waals surface area (Å²) in [6.45, 7) is 8.28. The van der Waals surface area contributed by atoms with Crippen LogP contribution in [0.25, 0.3) is 0 Å². The van der Waals surface area contributed by atoms with E-state index in [-0.39, 0.29) is 5.91 Å². The van der Waals surface area contributed by atoms with Crippen molar-refractivity contribution in [1.29, 1.82) is 0 Å². The number of rotatable bonds is 6. The Hall–Kier alpha value is -2.77. The van der Waals surface area contributed by atoms with E-state index < -0.39 is 5.41 Å². The number of nitrogens with zero attached hydrogens (tertiary/aromatic N) is 2. The average molecular weight is 535 g/mol. The molecule has 5 rings (SSSR count). The third-order valence-corrected chi connectivity index (χ3v) is 7.97. The summed E-state index contributed by atoms with van der Waals surface area (Å²) in [6, 6.07) is 12.7. The van der Waals surface area contributed by atoms with Crippen LogP contribution in [0.2, 0.25) is 0 Å². The van der Waals surface area contributed by atoms with Gasteiger partial charge < -0.3 is 16.0 Å². The van der Waals surface area contributed by atoms with Crippen molar-refractivity contribution in [2.75, 3.05) is 23.7 Å².